The highest BCUT2D eigenvalue weighted by atomic mass is 35.5. The Morgan fingerprint density at radius 2 is 2.17 bits per heavy atom. The normalized spacial score (nSPS) is 12.6. The van der Waals surface area contributed by atoms with Gasteiger partial charge in [-0.1, -0.05) is 42.2 Å². The molecule has 0 spiro atoms. The van der Waals surface area contributed by atoms with Gasteiger partial charge in [0, 0.05) is 12.0 Å². The Balaban J connectivity index is 2.18. The Kier molecular flexibility index (Phi) is 4.33. The highest BCUT2D eigenvalue weighted by Crippen LogP contribution is 2.25. The molecule has 0 saturated heterocycles. The number of benzene rings is 1. The lowest BCUT2D eigenvalue weighted by molar-refractivity contribution is 0.350. The van der Waals surface area contributed by atoms with Gasteiger partial charge in [0.05, 0.1) is 5.02 Å². The number of rotatable bonds is 5. The number of halogens is 1. The van der Waals surface area contributed by atoms with E-state index in [2.05, 4.69) is 17.1 Å². The van der Waals surface area contributed by atoms with E-state index < -0.39 is 0 Å². The first-order valence-corrected chi connectivity index (χ1v) is 6.40. The minimum absolute atomic E-state index is 0.379. The van der Waals surface area contributed by atoms with Crippen LogP contribution in [-0.2, 0) is 6.42 Å². The predicted molar refractivity (Wildman–Crippen MR) is 71.3 cm³/mol. The fourth-order valence-corrected chi connectivity index (χ4v) is 1.95. The van der Waals surface area contributed by atoms with Gasteiger partial charge < -0.3 is 10.3 Å². The number of aromatic nitrogens is 2. The third-order valence-electron chi connectivity index (χ3n) is 2.96. The average Bonchev–Trinajstić information content (AvgIpc) is 2.85. The molecule has 0 saturated carbocycles. The molecule has 96 valence electrons. The summed E-state index contributed by atoms with van der Waals surface area (Å²) in [5, 5.41) is 4.58. The van der Waals surface area contributed by atoms with Gasteiger partial charge in [-0.05, 0) is 24.6 Å². The summed E-state index contributed by atoms with van der Waals surface area (Å²) in [4.78, 5) is 4.36. The van der Waals surface area contributed by atoms with Crippen molar-refractivity contribution in [1.82, 2.24) is 10.1 Å². The molecule has 1 atom stereocenters. The minimum Gasteiger partial charge on any atom is -0.339 e. The van der Waals surface area contributed by atoms with Crippen molar-refractivity contribution in [3.63, 3.8) is 0 Å². The molecular weight excluding hydrogens is 250 g/mol. The average molecular weight is 266 g/mol. The van der Waals surface area contributed by atoms with Crippen molar-refractivity contribution in [2.24, 2.45) is 11.7 Å². The molecule has 2 N–H and O–H groups in total. The lowest BCUT2D eigenvalue weighted by Crippen LogP contribution is -2.15. The van der Waals surface area contributed by atoms with Crippen LogP contribution >= 0.6 is 11.6 Å². The number of hydrogen-bond acceptors (Lipinski definition) is 4. The molecular formula is C13H16ClN3O. The predicted octanol–water partition coefficient (Wildman–Crippen LogP) is 2.92. The maximum Gasteiger partial charge on any atom is 0.227 e. The highest BCUT2D eigenvalue weighted by Gasteiger charge is 2.14. The van der Waals surface area contributed by atoms with Crippen LogP contribution in [0.15, 0.2) is 28.8 Å². The van der Waals surface area contributed by atoms with Crippen LogP contribution in [0.4, 0.5) is 0 Å². The van der Waals surface area contributed by atoms with E-state index in [1.807, 2.05) is 24.3 Å². The smallest absolute Gasteiger partial charge is 0.227 e. The maximum atomic E-state index is 6.09. The topological polar surface area (TPSA) is 64.9 Å². The summed E-state index contributed by atoms with van der Waals surface area (Å²) in [5.41, 5.74) is 6.45. The van der Waals surface area contributed by atoms with Crippen molar-refractivity contribution < 1.29 is 4.52 Å². The van der Waals surface area contributed by atoms with E-state index in [1.54, 1.807) is 0 Å². The van der Waals surface area contributed by atoms with Crippen LogP contribution in [0.3, 0.4) is 0 Å². The van der Waals surface area contributed by atoms with Crippen LogP contribution in [-0.4, -0.2) is 16.7 Å². The zero-order valence-corrected chi connectivity index (χ0v) is 11.0. The molecule has 0 amide bonds. The van der Waals surface area contributed by atoms with Crippen molar-refractivity contribution in [3.8, 4) is 11.4 Å². The molecule has 0 aliphatic rings. The molecule has 0 aliphatic carbocycles. The van der Waals surface area contributed by atoms with Crippen molar-refractivity contribution in [1.29, 1.82) is 0 Å². The van der Waals surface area contributed by atoms with Gasteiger partial charge >= 0.3 is 0 Å². The van der Waals surface area contributed by atoms with Crippen LogP contribution < -0.4 is 5.73 Å². The number of hydrogen-bond donors (Lipinski definition) is 1. The summed E-state index contributed by atoms with van der Waals surface area (Å²) in [6.07, 6.45) is 1.71. The van der Waals surface area contributed by atoms with Crippen LogP contribution in [0, 0.1) is 5.92 Å². The minimum atomic E-state index is 0.379. The second-order valence-electron chi connectivity index (χ2n) is 4.21. The lowest BCUT2D eigenvalue weighted by atomic mass is 10.0. The van der Waals surface area contributed by atoms with E-state index in [9.17, 15) is 0 Å². The van der Waals surface area contributed by atoms with Crippen LogP contribution in [0.25, 0.3) is 11.4 Å². The second kappa shape index (κ2) is 5.98. The number of nitrogens with zero attached hydrogens (tertiary/aromatic N) is 2. The second-order valence-corrected chi connectivity index (χ2v) is 4.61. The van der Waals surface area contributed by atoms with Crippen LogP contribution in [0.1, 0.15) is 19.2 Å². The number of nitrogens with two attached hydrogens (primary N) is 1. The van der Waals surface area contributed by atoms with Gasteiger partial charge in [0.25, 0.3) is 0 Å². The van der Waals surface area contributed by atoms with E-state index in [1.165, 1.54) is 0 Å². The van der Waals surface area contributed by atoms with Gasteiger partial charge in [0.1, 0.15) is 0 Å². The molecule has 1 heterocycles. The Morgan fingerprint density at radius 3 is 2.83 bits per heavy atom. The zero-order valence-electron chi connectivity index (χ0n) is 10.3. The summed E-state index contributed by atoms with van der Waals surface area (Å²) >= 11 is 6.09. The largest absolute Gasteiger partial charge is 0.339 e. The Labute approximate surface area is 111 Å². The molecule has 2 rings (SSSR count). The van der Waals surface area contributed by atoms with Crippen LogP contribution in [0.2, 0.25) is 5.02 Å². The third-order valence-corrected chi connectivity index (χ3v) is 3.29. The van der Waals surface area contributed by atoms with Gasteiger partial charge in [-0.2, -0.15) is 4.98 Å². The van der Waals surface area contributed by atoms with Gasteiger partial charge in [0.15, 0.2) is 0 Å². The molecule has 1 aromatic heterocycles. The Hall–Kier alpha value is -1.39. The molecule has 2 aromatic rings. The van der Waals surface area contributed by atoms with Crippen LogP contribution in [0.5, 0.6) is 0 Å². The quantitative estimate of drug-likeness (QED) is 0.903. The Morgan fingerprint density at radius 1 is 1.39 bits per heavy atom. The molecule has 0 aliphatic heterocycles. The summed E-state index contributed by atoms with van der Waals surface area (Å²) in [6.45, 7) is 2.73. The van der Waals surface area contributed by atoms with Crippen molar-refractivity contribution in [2.75, 3.05) is 6.54 Å². The summed E-state index contributed by atoms with van der Waals surface area (Å²) < 4.78 is 5.23. The van der Waals surface area contributed by atoms with Crippen molar-refractivity contribution in [2.45, 2.75) is 19.8 Å². The third kappa shape index (κ3) is 2.89. The Bertz CT molecular complexity index is 508. The molecule has 0 radical (unpaired) electrons. The molecule has 1 aromatic carbocycles. The van der Waals surface area contributed by atoms with Gasteiger partial charge in [-0.25, -0.2) is 0 Å². The first-order valence-electron chi connectivity index (χ1n) is 6.02. The molecule has 5 heteroatoms. The van der Waals surface area contributed by atoms with Gasteiger partial charge in [-0.15, -0.1) is 0 Å². The summed E-state index contributed by atoms with van der Waals surface area (Å²) in [6, 6.07) is 7.44. The zero-order chi connectivity index (χ0) is 13.0. The fraction of sp³-hybridized carbons (Fsp3) is 0.385. The van der Waals surface area contributed by atoms with E-state index >= 15 is 0 Å². The first kappa shape index (κ1) is 13.1. The van der Waals surface area contributed by atoms with E-state index in [0.29, 0.717) is 35.6 Å². The van der Waals surface area contributed by atoms with E-state index in [0.717, 1.165) is 12.0 Å². The molecule has 0 fully saturated rings. The molecule has 4 nitrogen and oxygen atoms in total. The SMILES string of the molecule is CCC(CN)Cc1nc(-c2ccccc2Cl)no1. The monoisotopic (exact) mass is 265 g/mol. The van der Waals surface area contributed by atoms with Gasteiger partial charge in [0.2, 0.25) is 11.7 Å². The fourth-order valence-electron chi connectivity index (χ4n) is 1.73. The molecule has 1 unspecified atom stereocenters. The van der Waals surface area contributed by atoms with Crippen molar-refractivity contribution >= 4 is 11.6 Å². The first-order chi connectivity index (χ1) is 8.74. The van der Waals surface area contributed by atoms with E-state index in [4.69, 9.17) is 21.9 Å². The van der Waals surface area contributed by atoms with Gasteiger partial charge in [-0.3, -0.25) is 0 Å². The highest BCUT2D eigenvalue weighted by molar-refractivity contribution is 6.33. The summed E-state index contributed by atoms with van der Waals surface area (Å²) in [7, 11) is 0. The lowest BCUT2D eigenvalue weighted by Gasteiger charge is -2.07. The van der Waals surface area contributed by atoms with Crippen molar-refractivity contribution in [3.05, 3.63) is 35.2 Å². The maximum absolute atomic E-state index is 6.09. The standard InChI is InChI=1S/C13H16ClN3O/c1-2-9(8-15)7-12-16-13(17-18-12)10-5-3-4-6-11(10)14/h3-6,9H,2,7-8,15H2,1H3. The molecule has 18 heavy (non-hydrogen) atoms. The van der Waals surface area contributed by atoms with E-state index in [-0.39, 0.29) is 0 Å². The molecule has 0 bridgehead atoms. The summed E-state index contributed by atoms with van der Waals surface area (Å²) in [5.74, 6) is 1.52.